The maximum absolute atomic E-state index is 11.5. The maximum atomic E-state index is 11.5. The van der Waals surface area contributed by atoms with Crippen molar-refractivity contribution in [1.82, 2.24) is 4.90 Å². The van der Waals surface area contributed by atoms with Gasteiger partial charge in [0.05, 0.1) is 12.7 Å². The lowest BCUT2D eigenvalue weighted by atomic mass is 9.94. The Labute approximate surface area is 135 Å². The van der Waals surface area contributed by atoms with Gasteiger partial charge in [0.2, 0.25) is 0 Å². The zero-order chi connectivity index (χ0) is 15.2. The Morgan fingerprint density at radius 2 is 2.05 bits per heavy atom. The molecule has 0 spiro atoms. The van der Waals surface area contributed by atoms with Crippen LogP contribution in [-0.2, 0) is 11.3 Å². The van der Waals surface area contributed by atoms with Gasteiger partial charge in [-0.25, -0.2) is 4.79 Å². The molecule has 0 radical (unpaired) electrons. The summed E-state index contributed by atoms with van der Waals surface area (Å²) in [5.41, 5.74) is 1.82. The number of hydrogen-bond donors (Lipinski definition) is 0. The molecular weight excluding hydrogens is 330 g/mol. The van der Waals surface area contributed by atoms with Gasteiger partial charge in [-0.1, -0.05) is 48.2 Å². The summed E-state index contributed by atoms with van der Waals surface area (Å²) in [5.74, 6) is -0.290. The number of carbonyl (C=O) groups is 1. The Morgan fingerprint density at radius 3 is 2.62 bits per heavy atom. The first-order chi connectivity index (χ1) is 10.2. The fourth-order valence-electron chi connectivity index (χ4n) is 3.08. The minimum absolute atomic E-state index is 0.290. The van der Waals surface area contributed by atoms with E-state index >= 15 is 0 Å². The molecule has 1 aromatic rings. The van der Waals surface area contributed by atoms with E-state index in [1.807, 2.05) is 18.2 Å². The van der Waals surface area contributed by atoms with Crippen molar-refractivity contribution in [2.45, 2.75) is 51.6 Å². The highest BCUT2D eigenvalue weighted by Crippen LogP contribution is 2.26. The van der Waals surface area contributed by atoms with E-state index in [1.165, 1.54) is 44.8 Å². The number of methoxy groups -OCH3 is 1. The van der Waals surface area contributed by atoms with E-state index in [1.54, 1.807) is 0 Å². The monoisotopic (exact) mass is 353 g/mol. The zero-order valence-corrected chi connectivity index (χ0v) is 14.5. The highest BCUT2D eigenvalue weighted by molar-refractivity contribution is 9.10. The standard InChI is InChI=1S/C17H24BrNO2/c1-3-19(15-7-5-4-6-8-15)12-14-10-9-13(11-16(14)18)17(20)21-2/h9-11,15H,3-8,12H2,1-2H3. The van der Waals surface area contributed by atoms with Crippen LogP contribution >= 0.6 is 15.9 Å². The fourth-order valence-corrected chi connectivity index (χ4v) is 3.59. The molecule has 116 valence electrons. The van der Waals surface area contributed by atoms with Crippen LogP contribution < -0.4 is 0 Å². The molecule has 0 bridgehead atoms. The fraction of sp³-hybridized carbons (Fsp3) is 0.588. The summed E-state index contributed by atoms with van der Waals surface area (Å²) < 4.78 is 5.74. The summed E-state index contributed by atoms with van der Waals surface area (Å²) in [6.07, 6.45) is 6.70. The molecule has 4 heteroatoms. The first-order valence-electron chi connectivity index (χ1n) is 7.76. The number of halogens is 1. The average Bonchev–Trinajstić information content (AvgIpc) is 2.53. The summed E-state index contributed by atoms with van der Waals surface area (Å²) in [6, 6.07) is 6.44. The molecule has 0 unspecified atom stereocenters. The van der Waals surface area contributed by atoms with Gasteiger partial charge < -0.3 is 4.74 Å². The number of rotatable bonds is 5. The molecule has 1 fully saturated rings. The zero-order valence-electron chi connectivity index (χ0n) is 12.9. The van der Waals surface area contributed by atoms with Gasteiger partial charge in [0.25, 0.3) is 0 Å². The molecule has 0 aliphatic heterocycles. The molecule has 1 aromatic carbocycles. The van der Waals surface area contributed by atoms with Crippen LogP contribution in [0.15, 0.2) is 22.7 Å². The average molecular weight is 354 g/mol. The number of ether oxygens (including phenoxy) is 1. The SMILES string of the molecule is CCN(Cc1ccc(C(=O)OC)cc1Br)C1CCCCC1. The van der Waals surface area contributed by atoms with E-state index in [0.717, 1.165) is 17.6 Å². The number of nitrogens with zero attached hydrogens (tertiary/aromatic N) is 1. The molecule has 2 rings (SSSR count). The third-order valence-electron chi connectivity index (χ3n) is 4.34. The van der Waals surface area contributed by atoms with Crippen LogP contribution in [0.25, 0.3) is 0 Å². The van der Waals surface area contributed by atoms with Gasteiger partial charge in [0, 0.05) is 17.1 Å². The highest BCUT2D eigenvalue weighted by Gasteiger charge is 2.20. The first kappa shape index (κ1) is 16.5. The predicted molar refractivity (Wildman–Crippen MR) is 88.4 cm³/mol. The van der Waals surface area contributed by atoms with Gasteiger partial charge in [-0.15, -0.1) is 0 Å². The minimum Gasteiger partial charge on any atom is -0.465 e. The van der Waals surface area contributed by atoms with Gasteiger partial charge in [-0.2, -0.15) is 0 Å². The Hall–Kier alpha value is -0.870. The van der Waals surface area contributed by atoms with E-state index in [0.29, 0.717) is 11.6 Å². The minimum atomic E-state index is -0.290. The third kappa shape index (κ3) is 4.30. The molecule has 21 heavy (non-hydrogen) atoms. The van der Waals surface area contributed by atoms with Crippen LogP contribution in [0.2, 0.25) is 0 Å². The number of esters is 1. The topological polar surface area (TPSA) is 29.5 Å². The van der Waals surface area contributed by atoms with E-state index < -0.39 is 0 Å². The normalized spacial score (nSPS) is 16.2. The van der Waals surface area contributed by atoms with Gasteiger partial charge in [0.15, 0.2) is 0 Å². The molecule has 0 atom stereocenters. The van der Waals surface area contributed by atoms with Crippen molar-refractivity contribution in [3.05, 3.63) is 33.8 Å². The van der Waals surface area contributed by atoms with E-state index in [4.69, 9.17) is 4.74 Å². The number of benzene rings is 1. The lowest BCUT2D eigenvalue weighted by Crippen LogP contribution is -2.36. The summed E-state index contributed by atoms with van der Waals surface area (Å²) in [6.45, 7) is 4.23. The summed E-state index contributed by atoms with van der Waals surface area (Å²) in [7, 11) is 1.41. The second-order valence-corrected chi connectivity index (χ2v) is 6.51. The lowest BCUT2D eigenvalue weighted by molar-refractivity contribution is 0.0600. The van der Waals surface area contributed by atoms with E-state index in [2.05, 4.69) is 27.8 Å². The molecule has 0 heterocycles. The third-order valence-corrected chi connectivity index (χ3v) is 5.08. The van der Waals surface area contributed by atoms with Crippen molar-refractivity contribution in [2.24, 2.45) is 0 Å². The van der Waals surface area contributed by atoms with Gasteiger partial charge in [-0.05, 0) is 37.1 Å². The number of carbonyl (C=O) groups excluding carboxylic acids is 1. The predicted octanol–water partition coefficient (Wildman–Crippen LogP) is 4.39. The second-order valence-electron chi connectivity index (χ2n) is 5.65. The van der Waals surface area contributed by atoms with Crippen molar-refractivity contribution in [3.63, 3.8) is 0 Å². The van der Waals surface area contributed by atoms with Crippen LogP contribution in [0.3, 0.4) is 0 Å². The van der Waals surface area contributed by atoms with Crippen LogP contribution in [0.5, 0.6) is 0 Å². The maximum Gasteiger partial charge on any atom is 0.337 e. The van der Waals surface area contributed by atoms with Crippen molar-refractivity contribution >= 4 is 21.9 Å². The van der Waals surface area contributed by atoms with Crippen LogP contribution in [0.1, 0.15) is 54.9 Å². The summed E-state index contributed by atoms with van der Waals surface area (Å²) >= 11 is 3.59. The largest absolute Gasteiger partial charge is 0.465 e. The molecule has 0 amide bonds. The Kier molecular flexibility index (Phi) is 6.24. The number of hydrogen-bond acceptors (Lipinski definition) is 3. The molecule has 0 aromatic heterocycles. The molecule has 0 N–H and O–H groups in total. The van der Waals surface area contributed by atoms with Crippen LogP contribution in [0, 0.1) is 0 Å². The molecule has 1 aliphatic rings. The first-order valence-corrected chi connectivity index (χ1v) is 8.55. The van der Waals surface area contributed by atoms with Crippen molar-refractivity contribution < 1.29 is 9.53 Å². The molecule has 1 saturated carbocycles. The highest BCUT2D eigenvalue weighted by atomic mass is 79.9. The quantitative estimate of drug-likeness (QED) is 0.735. The van der Waals surface area contributed by atoms with Crippen LogP contribution in [0.4, 0.5) is 0 Å². The second kappa shape index (κ2) is 7.95. The Balaban J connectivity index is 2.08. The smallest absolute Gasteiger partial charge is 0.337 e. The molecular formula is C17H24BrNO2. The molecule has 1 aliphatic carbocycles. The van der Waals surface area contributed by atoms with Crippen molar-refractivity contribution in [1.29, 1.82) is 0 Å². The Morgan fingerprint density at radius 1 is 1.33 bits per heavy atom. The lowest BCUT2D eigenvalue weighted by Gasteiger charge is -2.33. The van der Waals surface area contributed by atoms with Gasteiger partial charge in [-0.3, -0.25) is 4.90 Å². The van der Waals surface area contributed by atoms with Crippen molar-refractivity contribution in [3.8, 4) is 0 Å². The van der Waals surface area contributed by atoms with E-state index in [9.17, 15) is 4.79 Å². The molecule has 0 saturated heterocycles. The van der Waals surface area contributed by atoms with Crippen molar-refractivity contribution in [2.75, 3.05) is 13.7 Å². The van der Waals surface area contributed by atoms with Crippen LogP contribution in [-0.4, -0.2) is 30.6 Å². The van der Waals surface area contributed by atoms with E-state index in [-0.39, 0.29) is 5.97 Å². The van der Waals surface area contributed by atoms with Gasteiger partial charge in [0.1, 0.15) is 0 Å². The summed E-state index contributed by atoms with van der Waals surface area (Å²) in [4.78, 5) is 14.1. The Bertz CT molecular complexity index is 484. The summed E-state index contributed by atoms with van der Waals surface area (Å²) in [5, 5.41) is 0. The molecule has 3 nitrogen and oxygen atoms in total. The van der Waals surface area contributed by atoms with Gasteiger partial charge >= 0.3 is 5.97 Å².